The molecule has 1 N–H and O–H groups in total. The lowest BCUT2D eigenvalue weighted by atomic mass is 9.83. The summed E-state index contributed by atoms with van der Waals surface area (Å²) in [6, 6.07) is 11.7. The third kappa shape index (κ3) is 5.47. The van der Waals surface area contributed by atoms with Crippen LogP contribution in [0.3, 0.4) is 0 Å². The maximum absolute atomic E-state index is 12.1. The molecule has 0 aliphatic heterocycles. The Labute approximate surface area is 177 Å². The Balaban J connectivity index is 1.47. The zero-order valence-corrected chi connectivity index (χ0v) is 18.3. The van der Waals surface area contributed by atoms with E-state index in [9.17, 15) is 4.79 Å². The molecule has 0 radical (unpaired) electrons. The van der Waals surface area contributed by atoms with E-state index in [0.29, 0.717) is 18.2 Å². The van der Waals surface area contributed by atoms with E-state index in [-0.39, 0.29) is 17.9 Å². The van der Waals surface area contributed by atoms with Gasteiger partial charge in [0.2, 0.25) is 12.3 Å². The summed E-state index contributed by atoms with van der Waals surface area (Å²) in [5, 5.41) is 10.4. The van der Waals surface area contributed by atoms with Crippen LogP contribution < -0.4 is 10.1 Å². The lowest BCUT2D eigenvalue weighted by Crippen LogP contribution is -2.30. The van der Waals surface area contributed by atoms with E-state index in [4.69, 9.17) is 9.15 Å². The summed E-state index contributed by atoms with van der Waals surface area (Å²) in [7, 11) is 0. The van der Waals surface area contributed by atoms with Gasteiger partial charge in [-0.2, -0.15) is 0 Å². The fourth-order valence-electron chi connectivity index (χ4n) is 3.34. The van der Waals surface area contributed by atoms with E-state index in [1.807, 2.05) is 12.1 Å². The van der Waals surface area contributed by atoms with E-state index in [1.54, 1.807) is 12.1 Å². The van der Waals surface area contributed by atoms with E-state index in [1.165, 1.54) is 28.6 Å². The van der Waals surface area contributed by atoms with Crippen LogP contribution in [0.4, 0.5) is 0 Å². The van der Waals surface area contributed by atoms with Gasteiger partial charge in [0.25, 0.3) is 5.91 Å². The molecular weight excluding hydrogens is 378 g/mol. The molecule has 0 atom stereocenters. The fraction of sp³-hybridized carbons (Fsp3) is 0.375. The molecule has 0 saturated heterocycles. The minimum Gasteiger partial charge on any atom is -0.484 e. The molecule has 158 valence electrons. The van der Waals surface area contributed by atoms with Gasteiger partial charge >= 0.3 is 0 Å². The van der Waals surface area contributed by atoms with Crippen LogP contribution >= 0.6 is 0 Å². The number of carbonyl (C=O) groups is 1. The van der Waals surface area contributed by atoms with Gasteiger partial charge < -0.3 is 14.5 Å². The van der Waals surface area contributed by atoms with Crippen molar-refractivity contribution in [1.29, 1.82) is 0 Å². The average molecular weight is 408 g/mol. The van der Waals surface area contributed by atoms with Crippen LogP contribution in [0.5, 0.6) is 5.75 Å². The van der Waals surface area contributed by atoms with Gasteiger partial charge in [-0.3, -0.25) is 4.79 Å². The largest absolute Gasteiger partial charge is 0.484 e. The van der Waals surface area contributed by atoms with Gasteiger partial charge in [0.1, 0.15) is 5.75 Å². The van der Waals surface area contributed by atoms with Crippen molar-refractivity contribution in [3.05, 3.63) is 65.0 Å². The first-order chi connectivity index (χ1) is 14.2. The number of hydrogen-bond acceptors (Lipinski definition) is 5. The summed E-state index contributed by atoms with van der Waals surface area (Å²) in [5.41, 5.74) is 6.10. The van der Waals surface area contributed by atoms with Gasteiger partial charge in [-0.25, -0.2) is 0 Å². The highest BCUT2D eigenvalue weighted by atomic mass is 16.5. The molecule has 0 spiro atoms. The van der Waals surface area contributed by atoms with Crippen molar-refractivity contribution in [2.45, 2.75) is 46.5 Å². The quantitative estimate of drug-likeness (QED) is 0.629. The van der Waals surface area contributed by atoms with E-state index in [2.05, 4.69) is 62.3 Å². The number of amides is 1. The molecule has 6 nitrogen and oxygen atoms in total. The number of aromatic nitrogens is 2. The van der Waals surface area contributed by atoms with Crippen LogP contribution in [-0.4, -0.2) is 29.3 Å². The number of aryl methyl sites for hydroxylation is 2. The monoisotopic (exact) mass is 407 g/mol. The van der Waals surface area contributed by atoms with Gasteiger partial charge in [0.05, 0.1) is 0 Å². The van der Waals surface area contributed by atoms with Crippen molar-refractivity contribution in [1.82, 2.24) is 15.5 Å². The van der Waals surface area contributed by atoms with Crippen molar-refractivity contribution in [3.8, 4) is 17.2 Å². The summed E-state index contributed by atoms with van der Waals surface area (Å²) in [4.78, 5) is 12.1. The number of nitrogens with zero attached hydrogens (tertiary/aromatic N) is 2. The molecule has 0 aliphatic rings. The summed E-state index contributed by atoms with van der Waals surface area (Å²) in [6.45, 7) is 11.5. The van der Waals surface area contributed by atoms with Gasteiger partial charge in [-0.15, -0.1) is 10.2 Å². The van der Waals surface area contributed by atoms with Crippen LogP contribution in [0.15, 0.2) is 47.2 Å². The van der Waals surface area contributed by atoms with Crippen molar-refractivity contribution in [2.75, 3.05) is 13.2 Å². The smallest absolute Gasteiger partial charge is 0.257 e. The number of ether oxygens (including phenoxy) is 1. The van der Waals surface area contributed by atoms with Crippen LogP contribution in [0.1, 0.15) is 43.0 Å². The minimum atomic E-state index is -0.141. The number of rotatable bonds is 7. The molecule has 3 rings (SSSR count). The maximum Gasteiger partial charge on any atom is 0.257 e. The number of carbonyl (C=O) groups excluding carboxylic acids is 1. The second-order valence-corrected chi connectivity index (χ2v) is 8.50. The Kier molecular flexibility index (Phi) is 6.55. The minimum absolute atomic E-state index is 0.0270. The first kappa shape index (κ1) is 21.6. The predicted molar refractivity (Wildman–Crippen MR) is 117 cm³/mol. The molecular formula is C24H29N3O3. The third-order valence-electron chi connectivity index (χ3n) is 5.09. The van der Waals surface area contributed by atoms with E-state index in [0.717, 1.165) is 12.0 Å². The lowest BCUT2D eigenvalue weighted by molar-refractivity contribution is -0.123. The highest BCUT2D eigenvalue weighted by Gasteiger charge is 2.16. The van der Waals surface area contributed by atoms with E-state index >= 15 is 0 Å². The normalized spacial score (nSPS) is 11.4. The molecule has 2 aromatic carbocycles. The first-order valence-corrected chi connectivity index (χ1v) is 10.1. The van der Waals surface area contributed by atoms with Crippen LogP contribution in [0.2, 0.25) is 0 Å². The molecule has 6 heteroatoms. The van der Waals surface area contributed by atoms with Gasteiger partial charge in [0, 0.05) is 12.1 Å². The number of hydrogen-bond donors (Lipinski definition) is 1. The Bertz CT molecular complexity index is 965. The molecule has 3 aromatic rings. The molecule has 0 aliphatic carbocycles. The van der Waals surface area contributed by atoms with Gasteiger partial charge in [0.15, 0.2) is 6.61 Å². The Morgan fingerprint density at radius 2 is 1.77 bits per heavy atom. The molecule has 0 bridgehead atoms. The molecule has 1 aromatic heterocycles. The van der Waals surface area contributed by atoms with Crippen LogP contribution in [0.25, 0.3) is 11.5 Å². The highest BCUT2D eigenvalue weighted by Crippen LogP contribution is 2.27. The highest BCUT2D eigenvalue weighted by molar-refractivity contribution is 5.77. The molecule has 1 amide bonds. The molecule has 0 unspecified atom stereocenters. The Morgan fingerprint density at radius 3 is 2.33 bits per heavy atom. The molecule has 30 heavy (non-hydrogen) atoms. The topological polar surface area (TPSA) is 77.2 Å². The number of benzene rings is 2. The standard InChI is InChI=1S/C24H29N3O3/c1-16-12-19(24(3,4)5)13-17(2)21(16)10-11-25-22(28)14-29-20-8-6-18(7-9-20)23-27-26-15-30-23/h6-9,12-13,15H,10-11,14H2,1-5H3,(H,25,28). The van der Waals surface area contributed by atoms with Gasteiger partial charge in [-0.1, -0.05) is 32.9 Å². The fourth-order valence-corrected chi connectivity index (χ4v) is 3.34. The predicted octanol–water partition coefficient (Wildman–Crippen LogP) is 4.39. The Morgan fingerprint density at radius 1 is 1.10 bits per heavy atom. The third-order valence-corrected chi connectivity index (χ3v) is 5.09. The van der Waals surface area contributed by atoms with Crippen LogP contribution in [0, 0.1) is 13.8 Å². The SMILES string of the molecule is Cc1cc(C(C)(C)C)cc(C)c1CCNC(=O)COc1ccc(-c2nnco2)cc1. The molecule has 0 fully saturated rings. The lowest BCUT2D eigenvalue weighted by Gasteiger charge is -2.22. The second kappa shape index (κ2) is 9.11. The van der Waals surface area contributed by atoms with Crippen molar-refractivity contribution in [2.24, 2.45) is 0 Å². The summed E-state index contributed by atoms with van der Waals surface area (Å²) in [6.07, 6.45) is 2.08. The summed E-state index contributed by atoms with van der Waals surface area (Å²) < 4.78 is 10.7. The first-order valence-electron chi connectivity index (χ1n) is 10.1. The second-order valence-electron chi connectivity index (χ2n) is 8.50. The zero-order valence-electron chi connectivity index (χ0n) is 18.3. The molecule has 0 saturated carbocycles. The van der Waals surface area contributed by atoms with Crippen molar-refractivity contribution >= 4 is 5.91 Å². The summed E-state index contributed by atoms with van der Waals surface area (Å²) >= 11 is 0. The maximum atomic E-state index is 12.1. The average Bonchev–Trinajstić information content (AvgIpc) is 3.23. The van der Waals surface area contributed by atoms with Gasteiger partial charge in [-0.05, 0) is 72.2 Å². The van der Waals surface area contributed by atoms with E-state index < -0.39 is 0 Å². The summed E-state index contributed by atoms with van der Waals surface area (Å²) in [5.74, 6) is 0.913. The van der Waals surface area contributed by atoms with Crippen molar-refractivity contribution < 1.29 is 13.9 Å². The van der Waals surface area contributed by atoms with Crippen LogP contribution in [-0.2, 0) is 16.6 Å². The zero-order chi connectivity index (χ0) is 21.7. The van der Waals surface area contributed by atoms with Crippen molar-refractivity contribution in [3.63, 3.8) is 0 Å². The number of nitrogens with one attached hydrogen (secondary N) is 1. The Hall–Kier alpha value is -3.15. The molecule has 1 heterocycles.